The Kier molecular flexibility index (Phi) is 2.60. The lowest BCUT2D eigenvalue weighted by Crippen LogP contribution is -1.94. The molecule has 0 saturated carbocycles. The van der Waals surface area contributed by atoms with Gasteiger partial charge in [-0.25, -0.2) is 9.97 Å². The minimum absolute atomic E-state index is 0.372. The van der Waals surface area contributed by atoms with Gasteiger partial charge in [0.2, 0.25) is 0 Å². The normalized spacial score (nSPS) is 9.79. The highest BCUT2D eigenvalue weighted by Crippen LogP contribution is 2.19. The first-order valence-electron chi connectivity index (χ1n) is 4.15. The number of aromatic nitrogens is 2. The molecule has 0 fully saturated rings. The molecule has 2 rings (SSSR count). The average molecular weight is 206 g/mol. The van der Waals surface area contributed by atoms with Crippen molar-refractivity contribution in [2.24, 2.45) is 0 Å². The number of nitrogens with zero attached hydrogens (tertiary/aromatic N) is 2. The summed E-state index contributed by atoms with van der Waals surface area (Å²) in [6.07, 6.45) is 3.15. The molecule has 0 atom stereocenters. The molecule has 1 aromatic carbocycles. The van der Waals surface area contributed by atoms with Crippen LogP contribution < -0.4 is 5.32 Å². The highest BCUT2D eigenvalue weighted by atomic mass is 35.5. The van der Waals surface area contributed by atoms with Crippen LogP contribution in [0, 0.1) is 0 Å². The Hall–Kier alpha value is -1.61. The van der Waals surface area contributed by atoms with Crippen molar-refractivity contribution in [3.8, 4) is 0 Å². The van der Waals surface area contributed by atoms with E-state index in [4.69, 9.17) is 11.6 Å². The molecule has 0 bridgehead atoms. The van der Waals surface area contributed by atoms with Gasteiger partial charge >= 0.3 is 0 Å². The molecule has 0 radical (unpaired) electrons. The molecule has 2 aromatic rings. The third-order valence-corrected chi connectivity index (χ3v) is 1.97. The van der Waals surface area contributed by atoms with E-state index in [1.165, 1.54) is 0 Å². The topological polar surface area (TPSA) is 37.8 Å². The van der Waals surface area contributed by atoms with Gasteiger partial charge in [0, 0.05) is 18.1 Å². The van der Waals surface area contributed by atoms with Crippen molar-refractivity contribution in [1.82, 2.24) is 9.97 Å². The van der Waals surface area contributed by atoms with E-state index in [2.05, 4.69) is 15.3 Å². The molecule has 4 heteroatoms. The van der Waals surface area contributed by atoms with Crippen molar-refractivity contribution in [3.05, 3.63) is 47.9 Å². The largest absolute Gasteiger partial charge is 0.338 e. The van der Waals surface area contributed by atoms with Crippen LogP contribution in [0.5, 0.6) is 0 Å². The third-order valence-electron chi connectivity index (χ3n) is 1.69. The molecule has 0 amide bonds. The Morgan fingerprint density at radius 2 is 1.71 bits per heavy atom. The molecule has 14 heavy (non-hydrogen) atoms. The lowest BCUT2D eigenvalue weighted by atomic mass is 10.3. The van der Waals surface area contributed by atoms with Crippen molar-refractivity contribution in [2.45, 2.75) is 0 Å². The third kappa shape index (κ3) is 2.00. The minimum atomic E-state index is 0.372. The first kappa shape index (κ1) is 8.97. The molecule has 0 saturated heterocycles. The van der Waals surface area contributed by atoms with E-state index in [9.17, 15) is 0 Å². The van der Waals surface area contributed by atoms with Crippen LogP contribution in [0.15, 0.2) is 42.7 Å². The summed E-state index contributed by atoms with van der Waals surface area (Å²) in [5, 5.41) is 3.44. The smallest absolute Gasteiger partial charge is 0.171 e. The van der Waals surface area contributed by atoms with Gasteiger partial charge in [0.15, 0.2) is 11.0 Å². The van der Waals surface area contributed by atoms with E-state index in [-0.39, 0.29) is 0 Å². The van der Waals surface area contributed by atoms with E-state index >= 15 is 0 Å². The van der Waals surface area contributed by atoms with E-state index in [1.807, 2.05) is 30.3 Å². The fourth-order valence-electron chi connectivity index (χ4n) is 1.06. The second kappa shape index (κ2) is 4.07. The van der Waals surface area contributed by atoms with Gasteiger partial charge in [0.25, 0.3) is 0 Å². The average Bonchev–Trinajstić information content (AvgIpc) is 2.23. The molecular weight excluding hydrogens is 198 g/mol. The Bertz CT molecular complexity index is 417. The van der Waals surface area contributed by atoms with Gasteiger partial charge in [-0.05, 0) is 12.1 Å². The van der Waals surface area contributed by atoms with Crippen LogP contribution >= 0.6 is 11.6 Å². The van der Waals surface area contributed by atoms with Gasteiger partial charge in [-0.2, -0.15) is 0 Å². The lowest BCUT2D eigenvalue weighted by Gasteiger charge is -2.05. The summed E-state index contributed by atoms with van der Waals surface area (Å²) in [4.78, 5) is 7.98. The molecule has 0 spiro atoms. The maximum Gasteiger partial charge on any atom is 0.171 e. The van der Waals surface area contributed by atoms with Crippen LogP contribution in [0.2, 0.25) is 5.15 Å². The first-order valence-corrected chi connectivity index (χ1v) is 4.52. The van der Waals surface area contributed by atoms with Crippen molar-refractivity contribution >= 4 is 23.1 Å². The zero-order chi connectivity index (χ0) is 9.80. The Labute approximate surface area is 86.8 Å². The molecule has 0 aliphatic heterocycles. The zero-order valence-corrected chi connectivity index (χ0v) is 8.07. The van der Waals surface area contributed by atoms with Gasteiger partial charge in [-0.15, -0.1) is 0 Å². The fraction of sp³-hybridized carbons (Fsp3) is 0. The lowest BCUT2D eigenvalue weighted by molar-refractivity contribution is 1.20. The molecule has 0 unspecified atom stereocenters. The molecule has 0 aliphatic rings. The number of rotatable bonds is 2. The monoisotopic (exact) mass is 205 g/mol. The molecule has 1 heterocycles. The molecule has 70 valence electrons. The quantitative estimate of drug-likeness (QED) is 0.819. The summed E-state index contributed by atoms with van der Waals surface area (Å²) in [6, 6.07) is 9.69. The first-order chi connectivity index (χ1) is 6.86. The van der Waals surface area contributed by atoms with Crippen LogP contribution in [0.3, 0.4) is 0 Å². The number of benzene rings is 1. The molecule has 3 nitrogen and oxygen atoms in total. The Morgan fingerprint density at radius 3 is 2.43 bits per heavy atom. The maximum absolute atomic E-state index is 5.84. The van der Waals surface area contributed by atoms with Crippen molar-refractivity contribution in [3.63, 3.8) is 0 Å². The summed E-state index contributed by atoms with van der Waals surface area (Å²) < 4.78 is 0. The van der Waals surface area contributed by atoms with Crippen LogP contribution in [-0.4, -0.2) is 9.97 Å². The predicted molar refractivity (Wildman–Crippen MR) is 56.8 cm³/mol. The maximum atomic E-state index is 5.84. The van der Waals surface area contributed by atoms with Crippen LogP contribution in [-0.2, 0) is 0 Å². The van der Waals surface area contributed by atoms with Crippen LogP contribution in [0.1, 0.15) is 0 Å². The summed E-state index contributed by atoms with van der Waals surface area (Å²) in [5.74, 6) is 0.570. The predicted octanol–water partition coefficient (Wildman–Crippen LogP) is 2.87. The van der Waals surface area contributed by atoms with E-state index in [0.29, 0.717) is 11.0 Å². The summed E-state index contributed by atoms with van der Waals surface area (Å²) in [7, 11) is 0. The van der Waals surface area contributed by atoms with E-state index < -0.39 is 0 Å². The highest BCUT2D eigenvalue weighted by molar-refractivity contribution is 6.31. The van der Waals surface area contributed by atoms with Crippen molar-refractivity contribution in [1.29, 1.82) is 0 Å². The number of halogens is 1. The van der Waals surface area contributed by atoms with Crippen LogP contribution in [0.4, 0.5) is 11.5 Å². The van der Waals surface area contributed by atoms with Gasteiger partial charge in [-0.3, -0.25) is 0 Å². The van der Waals surface area contributed by atoms with Gasteiger partial charge in [0.05, 0.1) is 0 Å². The van der Waals surface area contributed by atoms with E-state index in [0.717, 1.165) is 5.69 Å². The van der Waals surface area contributed by atoms with Crippen LogP contribution in [0.25, 0.3) is 0 Å². The van der Waals surface area contributed by atoms with Crippen molar-refractivity contribution in [2.75, 3.05) is 5.32 Å². The molecule has 0 aliphatic carbocycles. The number of hydrogen-bond donors (Lipinski definition) is 1. The Morgan fingerprint density at radius 1 is 1.00 bits per heavy atom. The van der Waals surface area contributed by atoms with Gasteiger partial charge < -0.3 is 5.32 Å². The molecule has 1 aromatic heterocycles. The second-order valence-corrected chi connectivity index (χ2v) is 3.04. The second-order valence-electron chi connectivity index (χ2n) is 2.69. The summed E-state index contributed by atoms with van der Waals surface area (Å²) in [6.45, 7) is 0. The number of hydrogen-bond acceptors (Lipinski definition) is 3. The molecular formula is C10H8ClN3. The van der Waals surface area contributed by atoms with Gasteiger partial charge in [-0.1, -0.05) is 29.8 Å². The summed E-state index contributed by atoms with van der Waals surface area (Å²) >= 11 is 5.84. The van der Waals surface area contributed by atoms with E-state index in [1.54, 1.807) is 12.4 Å². The summed E-state index contributed by atoms with van der Waals surface area (Å²) in [5.41, 5.74) is 0.940. The minimum Gasteiger partial charge on any atom is -0.338 e. The number of nitrogens with one attached hydrogen (secondary N) is 1. The fourth-order valence-corrected chi connectivity index (χ4v) is 1.22. The number of anilines is 2. The van der Waals surface area contributed by atoms with Gasteiger partial charge in [0.1, 0.15) is 0 Å². The SMILES string of the molecule is Clc1nccnc1Nc1ccccc1. The standard InChI is InChI=1S/C10H8ClN3/c11-9-10(13-7-6-12-9)14-8-4-2-1-3-5-8/h1-7H,(H,13,14). The Balaban J connectivity index is 2.24. The zero-order valence-electron chi connectivity index (χ0n) is 7.31. The van der Waals surface area contributed by atoms with Crippen molar-refractivity contribution < 1.29 is 0 Å². The molecule has 1 N–H and O–H groups in total. The number of para-hydroxylation sites is 1. The highest BCUT2D eigenvalue weighted by Gasteiger charge is 2.00.